The Bertz CT molecular complexity index is 2540. The van der Waals surface area contributed by atoms with Gasteiger partial charge in [0.25, 0.3) is 6.71 Å². The molecule has 0 N–H and O–H groups in total. The molecule has 0 radical (unpaired) electrons. The lowest BCUT2D eigenvalue weighted by molar-refractivity contribution is 0.332. The smallest absolute Gasteiger partial charge is 0.264 e. The highest BCUT2D eigenvalue weighted by molar-refractivity contribution is 7.33. The zero-order valence-electron chi connectivity index (χ0n) is 36.6. The third-order valence-electron chi connectivity index (χ3n) is 13.8. The van der Waals surface area contributed by atoms with Crippen molar-refractivity contribution in [2.75, 3.05) is 9.80 Å². The molecule has 57 heavy (non-hydrogen) atoms. The van der Waals surface area contributed by atoms with Crippen LogP contribution in [0.15, 0.2) is 90.2 Å². The molecule has 3 heterocycles. The van der Waals surface area contributed by atoms with Crippen LogP contribution >= 0.6 is 22.9 Å². The Kier molecular flexibility index (Phi) is 8.60. The van der Waals surface area contributed by atoms with Crippen LogP contribution < -0.4 is 25.5 Å². The van der Waals surface area contributed by atoms with Gasteiger partial charge in [-0.2, -0.15) is 0 Å². The second-order valence-electron chi connectivity index (χ2n) is 21.9. The van der Waals surface area contributed by atoms with Gasteiger partial charge >= 0.3 is 0 Å². The molecule has 2 nitrogen and oxygen atoms in total. The topological polar surface area (TPSA) is 6.48 Å². The molecule has 0 unspecified atom stereocenters. The van der Waals surface area contributed by atoms with Gasteiger partial charge in [0.05, 0.1) is 5.69 Å². The summed E-state index contributed by atoms with van der Waals surface area (Å²) >= 11 is 9.39. The van der Waals surface area contributed by atoms with E-state index >= 15 is 0 Å². The summed E-state index contributed by atoms with van der Waals surface area (Å²) in [7, 11) is 0. The van der Waals surface area contributed by atoms with Crippen molar-refractivity contribution in [2.45, 2.75) is 137 Å². The molecule has 0 bridgehead atoms. The van der Waals surface area contributed by atoms with Crippen LogP contribution in [0.2, 0.25) is 5.02 Å². The van der Waals surface area contributed by atoms with Crippen molar-refractivity contribution < 1.29 is 0 Å². The normalized spacial score (nSPS) is 18.5. The fourth-order valence-electron chi connectivity index (χ4n) is 10.1. The summed E-state index contributed by atoms with van der Waals surface area (Å²) in [6.07, 6.45) is 9.21. The number of rotatable bonds is 2. The largest absolute Gasteiger partial charge is 0.315 e. The Morgan fingerprint density at radius 2 is 1.23 bits per heavy atom. The quantitative estimate of drug-likeness (QED) is 0.161. The minimum Gasteiger partial charge on any atom is -0.315 e. The summed E-state index contributed by atoms with van der Waals surface area (Å²) in [6, 6.07) is 26.4. The second-order valence-corrected chi connectivity index (χ2v) is 23.4. The van der Waals surface area contributed by atoms with Crippen molar-refractivity contribution in [2.24, 2.45) is 5.41 Å². The van der Waals surface area contributed by atoms with Crippen LogP contribution in [-0.4, -0.2) is 6.71 Å². The lowest BCUT2D eigenvalue weighted by atomic mass is 9.36. The van der Waals surface area contributed by atoms with E-state index in [0.717, 1.165) is 17.9 Å². The summed E-state index contributed by atoms with van der Waals surface area (Å²) in [5.41, 5.74) is 17.9. The van der Waals surface area contributed by atoms with Crippen LogP contribution in [-0.2, 0) is 21.7 Å². The highest BCUT2D eigenvalue weighted by atomic mass is 35.5. The zero-order chi connectivity index (χ0) is 40.8. The fraction of sp³-hybridized carbons (Fsp3) is 0.423. The molecule has 294 valence electrons. The number of hydrogen-bond acceptors (Lipinski definition) is 3. The Balaban J connectivity index is 1.39. The summed E-state index contributed by atoms with van der Waals surface area (Å²) < 4.78 is 2.81. The third kappa shape index (κ3) is 6.18. The Morgan fingerprint density at radius 1 is 0.632 bits per heavy atom. The first-order chi connectivity index (χ1) is 26.5. The molecular formula is C52H60BClN2S. The number of benzene rings is 4. The number of allylic oxidation sites excluding steroid dienone is 4. The first-order valence-corrected chi connectivity index (χ1v) is 22.4. The third-order valence-corrected chi connectivity index (χ3v) is 15.3. The maximum Gasteiger partial charge on any atom is 0.264 e. The van der Waals surface area contributed by atoms with Gasteiger partial charge in [0, 0.05) is 48.3 Å². The lowest BCUT2D eigenvalue weighted by Crippen LogP contribution is -2.61. The number of anilines is 5. The van der Waals surface area contributed by atoms with Gasteiger partial charge in [-0.3, -0.25) is 0 Å². The predicted molar refractivity (Wildman–Crippen MR) is 252 cm³/mol. The summed E-state index contributed by atoms with van der Waals surface area (Å²) in [5, 5.41) is 2.13. The molecule has 5 aromatic rings. The van der Waals surface area contributed by atoms with Gasteiger partial charge in [-0.1, -0.05) is 138 Å². The molecule has 0 saturated heterocycles. The molecule has 9 rings (SSSR count). The van der Waals surface area contributed by atoms with Crippen LogP contribution in [0, 0.1) is 5.41 Å². The van der Waals surface area contributed by atoms with Gasteiger partial charge in [0.15, 0.2) is 0 Å². The SMILES string of the molecule is CC(C)(C)C1=CC=C(N2c3ccc(C(C)(C)C)cc3B3c4sc5cc6c(cc5c4N(c4ccc(C(C)(C)C)cc4)c4cc(Cl)cc2c43)C(C)(C)CCC6(C)C)CC1. The minimum atomic E-state index is 0.00608. The number of hydrogen-bond donors (Lipinski definition) is 0. The summed E-state index contributed by atoms with van der Waals surface area (Å²) in [5.74, 6) is 0. The van der Waals surface area contributed by atoms with Crippen LogP contribution in [0.1, 0.15) is 138 Å². The molecule has 0 atom stereocenters. The molecule has 1 aromatic heterocycles. The number of halogens is 1. The van der Waals surface area contributed by atoms with Gasteiger partial charge in [-0.05, 0) is 134 Å². The summed E-state index contributed by atoms with van der Waals surface area (Å²) in [6.45, 7) is 30.8. The molecule has 0 amide bonds. The van der Waals surface area contributed by atoms with Gasteiger partial charge in [-0.15, -0.1) is 11.3 Å². The van der Waals surface area contributed by atoms with E-state index in [1.807, 2.05) is 11.3 Å². The predicted octanol–water partition coefficient (Wildman–Crippen LogP) is 13.9. The van der Waals surface area contributed by atoms with E-state index in [0.29, 0.717) is 0 Å². The molecule has 0 fully saturated rings. The Labute approximate surface area is 352 Å². The average molecular weight is 791 g/mol. The monoisotopic (exact) mass is 790 g/mol. The molecular weight excluding hydrogens is 731 g/mol. The van der Waals surface area contributed by atoms with Gasteiger partial charge in [-0.25, -0.2) is 0 Å². The molecule has 2 aliphatic carbocycles. The number of thiophene rings is 1. The highest BCUT2D eigenvalue weighted by Gasteiger charge is 2.47. The second kappa shape index (κ2) is 12.6. The van der Waals surface area contributed by atoms with E-state index in [2.05, 4.69) is 179 Å². The molecule has 4 aromatic carbocycles. The first-order valence-electron chi connectivity index (χ1n) is 21.2. The summed E-state index contributed by atoms with van der Waals surface area (Å²) in [4.78, 5) is 5.15. The van der Waals surface area contributed by atoms with E-state index in [4.69, 9.17) is 11.6 Å². The van der Waals surface area contributed by atoms with Crippen LogP contribution in [0.5, 0.6) is 0 Å². The van der Waals surface area contributed by atoms with E-state index < -0.39 is 0 Å². The Morgan fingerprint density at radius 3 is 1.81 bits per heavy atom. The zero-order valence-corrected chi connectivity index (χ0v) is 38.2. The lowest BCUT2D eigenvalue weighted by Gasteiger charge is -2.45. The average Bonchev–Trinajstić information content (AvgIpc) is 3.50. The van der Waals surface area contributed by atoms with Crippen molar-refractivity contribution in [3.8, 4) is 0 Å². The van der Waals surface area contributed by atoms with Crippen LogP contribution in [0.25, 0.3) is 10.1 Å². The van der Waals surface area contributed by atoms with Crippen LogP contribution in [0.4, 0.5) is 28.4 Å². The fourth-order valence-corrected chi connectivity index (χ4v) is 11.7. The first kappa shape index (κ1) is 38.8. The molecule has 0 spiro atoms. The maximum absolute atomic E-state index is 7.37. The molecule has 0 saturated carbocycles. The molecule has 2 aliphatic heterocycles. The van der Waals surface area contributed by atoms with Crippen molar-refractivity contribution in [3.63, 3.8) is 0 Å². The van der Waals surface area contributed by atoms with Crippen molar-refractivity contribution in [1.29, 1.82) is 0 Å². The van der Waals surface area contributed by atoms with E-state index in [1.54, 1.807) is 0 Å². The van der Waals surface area contributed by atoms with Gasteiger partial charge < -0.3 is 9.80 Å². The number of nitrogens with zero attached hydrogens (tertiary/aromatic N) is 2. The van der Waals surface area contributed by atoms with Crippen molar-refractivity contribution in [1.82, 2.24) is 0 Å². The van der Waals surface area contributed by atoms with Gasteiger partial charge in [0.1, 0.15) is 0 Å². The standard InChI is InChI=1S/C52H60BClN2S/c1-48(2,3)31-14-19-35(20-15-31)55-41-23-18-33(50(7,8)9)26-40(41)53-45-42(55)27-34(54)28-43(45)56(36-21-16-32(17-22-36)49(4,5)6)46-37-29-38-39(30-44(37)57-47(46)53)52(12,13)25-24-51(38,10)11/h14,16-19,21-23,26-30H,15,20,24-25H2,1-13H3. The minimum absolute atomic E-state index is 0.00608. The van der Waals surface area contributed by atoms with E-state index in [-0.39, 0.29) is 33.8 Å². The van der Waals surface area contributed by atoms with Crippen molar-refractivity contribution >= 4 is 83.9 Å². The van der Waals surface area contributed by atoms with E-state index in [9.17, 15) is 0 Å². The molecule has 5 heteroatoms. The maximum atomic E-state index is 7.37. The van der Waals surface area contributed by atoms with Crippen LogP contribution in [0.3, 0.4) is 0 Å². The number of fused-ring (bicyclic) bond motifs is 7. The molecule has 4 aliphatic rings. The Hall–Kier alpha value is -3.73. The van der Waals surface area contributed by atoms with Crippen molar-refractivity contribution in [3.05, 3.63) is 117 Å². The van der Waals surface area contributed by atoms with Gasteiger partial charge in [0.2, 0.25) is 0 Å². The highest BCUT2D eigenvalue weighted by Crippen LogP contribution is 2.53. The van der Waals surface area contributed by atoms with E-state index in [1.165, 1.54) is 101 Å².